The molecule has 136 valence electrons. The number of carbonyl (C=O) groups is 1. The molecule has 0 unspecified atom stereocenters. The molecule has 0 radical (unpaired) electrons. The standard InChI is InChI=1S/C21H15N5O2/c1-26-11-16(10-24-26)13-2-3-15-9-22-21(25-17(15)6-13)8-19(27)14-4-5-20-18(7-14)23-12-28-20/h2-7,9-12H,8H2,1H3. The molecule has 3 aromatic heterocycles. The number of nitrogens with zero attached hydrogens (tertiary/aromatic N) is 5. The lowest BCUT2D eigenvalue weighted by molar-refractivity contribution is 0.0991. The summed E-state index contributed by atoms with van der Waals surface area (Å²) in [7, 11) is 1.88. The Bertz CT molecular complexity index is 1340. The quantitative estimate of drug-likeness (QED) is 0.450. The second kappa shape index (κ2) is 6.38. The highest BCUT2D eigenvalue weighted by atomic mass is 16.3. The molecule has 5 aromatic rings. The van der Waals surface area contributed by atoms with Gasteiger partial charge in [-0.1, -0.05) is 12.1 Å². The van der Waals surface area contributed by atoms with Crippen LogP contribution < -0.4 is 0 Å². The normalized spacial score (nSPS) is 11.3. The van der Waals surface area contributed by atoms with E-state index >= 15 is 0 Å². The van der Waals surface area contributed by atoms with E-state index in [9.17, 15) is 4.79 Å². The Kier molecular flexibility index (Phi) is 3.72. The summed E-state index contributed by atoms with van der Waals surface area (Å²) in [5.74, 6) is 0.425. The van der Waals surface area contributed by atoms with Gasteiger partial charge in [-0.05, 0) is 29.8 Å². The molecule has 0 aliphatic rings. The third-order valence-electron chi connectivity index (χ3n) is 4.64. The highest BCUT2D eigenvalue weighted by molar-refractivity contribution is 5.99. The predicted molar refractivity (Wildman–Crippen MR) is 104 cm³/mol. The van der Waals surface area contributed by atoms with Gasteiger partial charge in [0.05, 0.1) is 18.1 Å². The third kappa shape index (κ3) is 2.92. The van der Waals surface area contributed by atoms with E-state index in [-0.39, 0.29) is 12.2 Å². The van der Waals surface area contributed by atoms with Crippen LogP contribution in [-0.2, 0) is 13.5 Å². The van der Waals surface area contributed by atoms with Crippen molar-refractivity contribution in [1.29, 1.82) is 0 Å². The molecule has 0 fully saturated rings. The van der Waals surface area contributed by atoms with Gasteiger partial charge in [0, 0.05) is 36.0 Å². The minimum atomic E-state index is -0.0623. The molecule has 0 amide bonds. The van der Waals surface area contributed by atoms with Gasteiger partial charge < -0.3 is 4.42 Å². The summed E-state index contributed by atoms with van der Waals surface area (Å²) in [5, 5.41) is 5.13. The highest BCUT2D eigenvalue weighted by Gasteiger charge is 2.12. The first-order valence-corrected chi connectivity index (χ1v) is 8.77. The van der Waals surface area contributed by atoms with Gasteiger partial charge in [0.2, 0.25) is 0 Å². The third-order valence-corrected chi connectivity index (χ3v) is 4.64. The fourth-order valence-electron chi connectivity index (χ4n) is 3.17. The van der Waals surface area contributed by atoms with Gasteiger partial charge in [-0.2, -0.15) is 5.10 Å². The van der Waals surface area contributed by atoms with Gasteiger partial charge in [0.15, 0.2) is 17.8 Å². The van der Waals surface area contributed by atoms with E-state index in [0.29, 0.717) is 22.5 Å². The first-order chi connectivity index (χ1) is 13.7. The van der Waals surface area contributed by atoms with E-state index in [1.807, 2.05) is 37.6 Å². The van der Waals surface area contributed by atoms with E-state index in [2.05, 4.69) is 20.1 Å². The minimum absolute atomic E-state index is 0.0623. The number of Topliss-reactive ketones (excluding diaryl/α,β-unsaturated/α-hetero) is 1. The van der Waals surface area contributed by atoms with Crippen LogP contribution in [0.15, 0.2) is 65.8 Å². The topological polar surface area (TPSA) is 86.7 Å². The Hall–Kier alpha value is -3.87. The van der Waals surface area contributed by atoms with Gasteiger partial charge in [0.1, 0.15) is 11.3 Å². The van der Waals surface area contributed by atoms with Crippen molar-refractivity contribution in [3.63, 3.8) is 0 Å². The number of ketones is 1. The predicted octanol–water partition coefficient (Wildman–Crippen LogP) is 3.60. The molecule has 0 N–H and O–H groups in total. The van der Waals surface area contributed by atoms with Crippen LogP contribution in [0.2, 0.25) is 0 Å². The van der Waals surface area contributed by atoms with Gasteiger partial charge in [-0.25, -0.2) is 15.0 Å². The Morgan fingerprint density at radius 3 is 2.82 bits per heavy atom. The van der Waals surface area contributed by atoms with Crippen LogP contribution in [0.3, 0.4) is 0 Å². The van der Waals surface area contributed by atoms with E-state index in [1.165, 1.54) is 6.39 Å². The Labute approximate surface area is 159 Å². The lowest BCUT2D eigenvalue weighted by Crippen LogP contribution is -2.07. The number of hydrogen-bond acceptors (Lipinski definition) is 6. The van der Waals surface area contributed by atoms with Crippen molar-refractivity contribution in [2.24, 2.45) is 7.05 Å². The SMILES string of the molecule is Cn1cc(-c2ccc3cnc(CC(=O)c4ccc5ocnc5c4)nc3c2)cn1. The van der Waals surface area contributed by atoms with Crippen molar-refractivity contribution in [3.8, 4) is 11.1 Å². The van der Waals surface area contributed by atoms with Crippen molar-refractivity contribution in [2.45, 2.75) is 6.42 Å². The lowest BCUT2D eigenvalue weighted by Gasteiger charge is -2.04. The summed E-state index contributed by atoms with van der Waals surface area (Å²) < 4.78 is 6.97. The second-order valence-electron chi connectivity index (χ2n) is 6.60. The zero-order valence-electron chi connectivity index (χ0n) is 15.0. The van der Waals surface area contributed by atoms with Crippen molar-refractivity contribution in [2.75, 3.05) is 0 Å². The lowest BCUT2D eigenvalue weighted by atomic mass is 10.1. The Morgan fingerprint density at radius 1 is 1.04 bits per heavy atom. The fraction of sp³-hybridized carbons (Fsp3) is 0.0952. The molecule has 3 heterocycles. The van der Waals surface area contributed by atoms with Crippen LogP contribution in [0.1, 0.15) is 16.2 Å². The molecule has 0 spiro atoms. The summed E-state index contributed by atoms with van der Waals surface area (Å²) in [5.41, 5.74) is 4.71. The average molecular weight is 369 g/mol. The van der Waals surface area contributed by atoms with Crippen LogP contribution in [0.5, 0.6) is 0 Å². The molecular weight excluding hydrogens is 354 g/mol. The minimum Gasteiger partial charge on any atom is -0.443 e. The van der Waals surface area contributed by atoms with Crippen molar-refractivity contribution >= 4 is 27.8 Å². The smallest absolute Gasteiger partial charge is 0.181 e. The number of oxazole rings is 1. The molecule has 0 atom stereocenters. The van der Waals surface area contributed by atoms with Crippen molar-refractivity contribution in [3.05, 3.63) is 72.8 Å². The first kappa shape index (κ1) is 16.3. The Balaban J connectivity index is 1.45. The maximum atomic E-state index is 12.7. The first-order valence-electron chi connectivity index (χ1n) is 8.77. The summed E-state index contributed by atoms with van der Waals surface area (Å²) >= 11 is 0. The molecule has 5 rings (SSSR count). The summed E-state index contributed by atoms with van der Waals surface area (Å²) in [4.78, 5) is 25.7. The second-order valence-corrected chi connectivity index (χ2v) is 6.60. The van der Waals surface area contributed by atoms with E-state index in [0.717, 1.165) is 22.0 Å². The number of aryl methyl sites for hydroxylation is 1. The molecule has 0 aliphatic heterocycles. The van der Waals surface area contributed by atoms with Crippen molar-refractivity contribution in [1.82, 2.24) is 24.7 Å². The largest absolute Gasteiger partial charge is 0.443 e. The number of hydrogen-bond donors (Lipinski definition) is 0. The summed E-state index contributed by atoms with van der Waals surface area (Å²) in [6.07, 6.45) is 7.00. The van der Waals surface area contributed by atoms with E-state index < -0.39 is 0 Å². The van der Waals surface area contributed by atoms with Crippen LogP contribution in [0, 0.1) is 0 Å². The number of benzene rings is 2. The monoisotopic (exact) mass is 369 g/mol. The fourth-order valence-corrected chi connectivity index (χ4v) is 3.17. The van der Waals surface area contributed by atoms with Crippen LogP contribution in [0.25, 0.3) is 33.1 Å². The Morgan fingerprint density at radius 2 is 1.96 bits per heavy atom. The highest BCUT2D eigenvalue weighted by Crippen LogP contribution is 2.23. The van der Waals surface area contributed by atoms with Gasteiger partial charge >= 0.3 is 0 Å². The van der Waals surface area contributed by atoms with E-state index in [4.69, 9.17) is 4.42 Å². The molecule has 7 heteroatoms. The molecular formula is C21H15N5O2. The number of aromatic nitrogens is 5. The van der Waals surface area contributed by atoms with Crippen molar-refractivity contribution < 1.29 is 9.21 Å². The molecule has 0 bridgehead atoms. The molecule has 0 saturated heterocycles. The molecule has 2 aromatic carbocycles. The summed E-state index contributed by atoms with van der Waals surface area (Å²) in [6, 6.07) is 11.2. The maximum absolute atomic E-state index is 12.7. The van der Waals surface area contributed by atoms with Gasteiger partial charge in [-0.15, -0.1) is 0 Å². The number of fused-ring (bicyclic) bond motifs is 2. The van der Waals surface area contributed by atoms with E-state index in [1.54, 1.807) is 29.1 Å². The number of rotatable bonds is 4. The molecule has 28 heavy (non-hydrogen) atoms. The maximum Gasteiger partial charge on any atom is 0.181 e. The molecule has 7 nitrogen and oxygen atoms in total. The molecule has 0 aliphatic carbocycles. The van der Waals surface area contributed by atoms with Gasteiger partial charge in [0.25, 0.3) is 0 Å². The zero-order chi connectivity index (χ0) is 19.1. The number of carbonyl (C=O) groups excluding carboxylic acids is 1. The summed E-state index contributed by atoms with van der Waals surface area (Å²) in [6.45, 7) is 0. The average Bonchev–Trinajstić information content (AvgIpc) is 3.35. The molecule has 0 saturated carbocycles. The van der Waals surface area contributed by atoms with Crippen LogP contribution in [-0.4, -0.2) is 30.5 Å². The van der Waals surface area contributed by atoms with Crippen LogP contribution >= 0.6 is 0 Å². The zero-order valence-corrected chi connectivity index (χ0v) is 15.0. The van der Waals surface area contributed by atoms with Gasteiger partial charge in [-0.3, -0.25) is 9.48 Å². The van der Waals surface area contributed by atoms with Crippen LogP contribution in [0.4, 0.5) is 0 Å².